The molecule has 4 aromatic rings. The predicted molar refractivity (Wildman–Crippen MR) is 118 cm³/mol. The molecule has 1 aliphatic carbocycles. The normalized spacial score (nSPS) is 24.1. The number of rotatable bonds is 4. The number of aryl methyl sites for hydroxylation is 1. The third-order valence-electron chi connectivity index (χ3n) is 6.40. The SMILES string of the molecule is Nc1ccc2ccc(CC[C@H]3C[C@@H](n4ccc5c(N)ncnc54)[C@H](O)[C@@H]3O)cc2c1. The molecular formula is C23H25N5O2. The first-order valence-electron chi connectivity index (χ1n) is 10.2. The summed E-state index contributed by atoms with van der Waals surface area (Å²) in [5.41, 5.74) is 14.5. The van der Waals surface area contributed by atoms with Crippen LogP contribution in [0.1, 0.15) is 24.4 Å². The van der Waals surface area contributed by atoms with Gasteiger partial charge in [0.05, 0.1) is 17.5 Å². The van der Waals surface area contributed by atoms with Gasteiger partial charge in [0.1, 0.15) is 23.9 Å². The van der Waals surface area contributed by atoms with E-state index in [2.05, 4.69) is 28.2 Å². The third-order valence-corrected chi connectivity index (χ3v) is 6.40. The van der Waals surface area contributed by atoms with Gasteiger partial charge in [-0.15, -0.1) is 0 Å². The lowest BCUT2D eigenvalue weighted by atomic mass is 9.95. The zero-order valence-electron chi connectivity index (χ0n) is 16.5. The van der Waals surface area contributed by atoms with Crippen molar-refractivity contribution in [3.8, 4) is 0 Å². The molecular weight excluding hydrogens is 378 g/mol. The number of fused-ring (bicyclic) bond motifs is 2. The van der Waals surface area contributed by atoms with E-state index in [1.807, 2.05) is 35.0 Å². The van der Waals surface area contributed by atoms with Crippen LogP contribution < -0.4 is 11.5 Å². The van der Waals surface area contributed by atoms with Crippen LogP contribution in [0.5, 0.6) is 0 Å². The number of hydrogen-bond donors (Lipinski definition) is 4. The molecule has 6 N–H and O–H groups in total. The second-order valence-corrected chi connectivity index (χ2v) is 8.24. The van der Waals surface area contributed by atoms with Crippen LogP contribution in [-0.4, -0.2) is 37.0 Å². The van der Waals surface area contributed by atoms with Crippen molar-refractivity contribution in [2.75, 3.05) is 11.5 Å². The highest BCUT2D eigenvalue weighted by molar-refractivity contribution is 5.86. The Morgan fingerprint density at radius 3 is 2.67 bits per heavy atom. The molecule has 30 heavy (non-hydrogen) atoms. The van der Waals surface area contributed by atoms with Crippen molar-refractivity contribution < 1.29 is 10.2 Å². The van der Waals surface area contributed by atoms with Gasteiger partial charge in [0.15, 0.2) is 0 Å². The Bertz CT molecular complexity index is 1220. The number of anilines is 2. The van der Waals surface area contributed by atoms with Gasteiger partial charge in [0.2, 0.25) is 0 Å². The number of benzene rings is 2. The number of nitrogen functional groups attached to an aromatic ring is 2. The lowest BCUT2D eigenvalue weighted by Gasteiger charge is -2.19. The number of aliphatic hydroxyl groups is 2. The minimum Gasteiger partial charge on any atom is -0.399 e. The van der Waals surface area contributed by atoms with Crippen LogP contribution in [0.15, 0.2) is 55.0 Å². The monoisotopic (exact) mass is 403 g/mol. The van der Waals surface area contributed by atoms with Gasteiger partial charge in [0.25, 0.3) is 0 Å². The summed E-state index contributed by atoms with van der Waals surface area (Å²) >= 11 is 0. The first-order chi connectivity index (χ1) is 14.5. The molecule has 5 rings (SSSR count). The molecule has 4 atom stereocenters. The van der Waals surface area contributed by atoms with E-state index in [0.717, 1.165) is 34.7 Å². The zero-order chi connectivity index (χ0) is 20.8. The molecule has 1 fully saturated rings. The van der Waals surface area contributed by atoms with Crippen LogP contribution >= 0.6 is 0 Å². The quantitative estimate of drug-likeness (QED) is 0.389. The standard InChI is InChI=1S/C23H25N5O2/c24-17-6-5-14-3-1-13(9-16(14)10-17)2-4-15-11-19(21(30)20(15)29)28-8-7-18-22(25)26-12-27-23(18)28/h1,3,5-10,12,15,19-21,29-30H,2,4,11,24H2,(H2,25,26,27)/t15-,19+,20+,21-/m0/s1. The molecule has 1 aliphatic rings. The van der Waals surface area contributed by atoms with E-state index in [1.54, 1.807) is 0 Å². The number of nitrogens with zero attached hydrogens (tertiary/aromatic N) is 3. The number of aromatic nitrogens is 3. The van der Waals surface area contributed by atoms with E-state index in [0.29, 0.717) is 17.9 Å². The molecule has 154 valence electrons. The van der Waals surface area contributed by atoms with Crippen molar-refractivity contribution in [1.82, 2.24) is 14.5 Å². The Morgan fingerprint density at radius 1 is 0.967 bits per heavy atom. The predicted octanol–water partition coefficient (Wildman–Crippen LogP) is 2.66. The fraction of sp³-hybridized carbons (Fsp3) is 0.304. The Kier molecular flexibility index (Phi) is 4.56. The first-order valence-corrected chi connectivity index (χ1v) is 10.2. The summed E-state index contributed by atoms with van der Waals surface area (Å²) < 4.78 is 1.92. The molecule has 0 radical (unpaired) electrons. The van der Waals surface area contributed by atoms with E-state index >= 15 is 0 Å². The third kappa shape index (κ3) is 3.16. The Balaban J connectivity index is 1.34. The van der Waals surface area contributed by atoms with Crippen LogP contribution in [0.2, 0.25) is 0 Å². The van der Waals surface area contributed by atoms with Crippen molar-refractivity contribution in [3.63, 3.8) is 0 Å². The zero-order valence-corrected chi connectivity index (χ0v) is 16.5. The Morgan fingerprint density at radius 2 is 1.80 bits per heavy atom. The van der Waals surface area contributed by atoms with Crippen LogP contribution in [0, 0.1) is 5.92 Å². The van der Waals surface area contributed by atoms with Gasteiger partial charge in [0, 0.05) is 11.9 Å². The summed E-state index contributed by atoms with van der Waals surface area (Å²) in [6, 6.07) is 13.9. The van der Waals surface area contributed by atoms with Crippen molar-refractivity contribution in [2.45, 2.75) is 37.5 Å². The number of nitrogens with two attached hydrogens (primary N) is 2. The number of aliphatic hydroxyl groups excluding tert-OH is 2. The summed E-state index contributed by atoms with van der Waals surface area (Å²) in [4.78, 5) is 8.35. The Labute approximate surface area is 174 Å². The van der Waals surface area contributed by atoms with Gasteiger partial charge >= 0.3 is 0 Å². The van der Waals surface area contributed by atoms with E-state index in [1.165, 1.54) is 11.9 Å². The van der Waals surface area contributed by atoms with Gasteiger partial charge in [-0.25, -0.2) is 9.97 Å². The van der Waals surface area contributed by atoms with Gasteiger partial charge in [-0.3, -0.25) is 0 Å². The highest BCUT2D eigenvalue weighted by Crippen LogP contribution is 2.39. The molecule has 2 heterocycles. The van der Waals surface area contributed by atoms with E-state index in [4.69, 9.17) is 11.5 Å². The molecule has 0 spiro atoms. The molecule has 2 aromatic heterocycles. The molecule has 0 amide bonds. The maximum absolute atomic E-state index is 10.7. The maximum Gasteiger partial charge on any atom is 0.145 e. The van der Waals surface area contributed by atoms with Gasteiger partial charge < -0.3 is 26.2 Å². The van der Waals surface area contributed by atoms with Crippen molar-refractivity contribution >= 4 is 33.3 Å². The van der Waals surface area contributed by atoms with Crippen molar-refractivity contribution in [2.24, 2.45) is 5.92 Å². The summed E-state index contributed by atoms with van der Waals surface area (Å²) in [6.07, 6.45) is 3.96. The molecule has 0 aliphatic heterocycles. The second kappa shape index (κ2) is 7.27. The van der Waals surface area contributed by atoms with E-state index < -0.39 is 12.2 Å². The maximum atomic E-state index is 10.7. The molecule has 7 heteroatoms. The van der Waals surface area contributed by atoms with Crippen LogP contribution in [0.25, 0.3) is 21.8 Å². The molecule has 1 saturated carbocycles. The van der Waals surface area contributed by atoms with E-state index in [-0.39, 0.29) is 12.0 Å². The summed E-state index contributed by atoms with van der Waals surface area (Å²) in [6.45, 7) is 0. The molecule has 0 unspecified atom stereocenters. The van der Waals surface area contributed by atoms with Gasteiger partial charge in [-0.05, 0) is 59.7 Å². The minimum atomic E-state index is -0.849. The first kappa shape index (κ1) is 18.8. The van der Waals surface area contributed by atoms with Crippen LogP contribution in [-0.2, 0) is 6.42 Å². The largest absolute Gasteiger partial charge is 0.399 e. The van der Waals surface area contributed by atoms with Crippen LogP contribution in [0.3, 0.4) is 0 Å². The summed E-state index contributed by atoms with van der Waals surface area (Å²) in [7, 11) is 0. The fourth-order valence-corrected chi connectivity index (χ4v) is 4.74. The second-order valence-electron chi connectivity index (χ2n) is 8.24. The van der Waals surface area contributed by atoms with Crippen LogP contribution in [0.4, 0.5) is 11.5 Å². The fourth-order valence-electron chi connectivity index (χ4n) is 4.74. The lowest BCUT2D eigenvalue weighted by Crippen LogP contribution is -2.29. The van der Waals surface area contributed by atoms with Gasteiger partial charge in [-0.1, -0.05) is 24.3 Å². The van der Waals surface area contributed by atoms with Gasteiger partial charge in [-0.2, -0.15) is 0 Å². The average Bonchev–Trinajstić information content (AvgIpc) is 3.29. The average molecular weight is 403 g/mol. The number of hydrogen-bond acceptors (Lipinski definition) is 6. The highest BCUT2D eigenvalue weighted by atomic mass is 16.3. The summed E-state index contributed by atoms with van der Waals surface area (Å²) in [5, 5.41) is 24.5. The molecule has 2 aromatic carbocycles. The van der Waals surface area contributed by atoms with E-state index in [9.17, 15) is 10.2 Å². The molecule has 0 bridgehead atoms. The lowest BCUT2D eigenvalue weighted by molar-refractivity contribution is 0.00545. The van der Waals surface area contributed by atoms with Crippen molar-refractivity contribution in [1.29, 1.82) is 0 Å². The summed E-state index contributed by atoms with van der Waals surface area (Å²) in [5.74, 6) is 0.415. The topological polar surface area (TPSA) is 123 Å². The Hall–Kier alpha value is -3.16. The van der Waals surface area contributed by atoms with Crippen molar-refractivity contribution in [3.05, 3.63) is 60.6 Å². The molecule has 7 nitrogen and oxygen atoms in total. The molecule has 0 saturated heterocycles. The highest BCUT2D eigenvalue weighted by Gasteiger charge is 2.42. The smallest absolute Gasteiger partial charge is 0.145 e. The minimum absolute atomic E-state index is 0.00169.